The molecule has 0 radical (unpaired) electrons. The molecule has 0 aromatic heterocycles. The molecule has 1 N–H and O–H groups in total. The summed E-state index contributed by atoms with van der Waals surface area (Å²) in [4.78, 5) is 12.1. The van der Waals surface area contributed by atoms with Gasteiger partial charge in [-0.05, 0) is 42.5 Å². The number of hydrogen-bond donors (Lipinski definition) is 1. The van der Waals surface area contributed by atoms with Crippen LogP contribution in [0, 0.1) is 0 Å². The molecule has 4 heteroatoms. The molecule has 1 amide bonds. The first-order chi connectivity index (χ1) is 10.7. The highest BCUT2D eigenvalue weighted by molar-refractivity contribution is 6.31. The van der Waals surface area contributed by atoms with Gasteiger partial charge in [0.1, 0.15) is 5.75 Å². The normalized spacial score (nSPS) is 10.3. The number of hydrogen-bond acceptors (Lipinski definition) is 2. The third kappa shape index (κ3) is 3.80. The number of halogens is 1. The zero-order valence-corrected chi connectivity index (χ0v) is 13.6. The second-order valence-corrected chi connectivity index (χ2v) is 5.43. The minimum atomic E-state index is -0.120. The van der Waals surface area contributed by atoms with Crippen molar-refractivity contribution in [2.75, 3.05) is 14.2 Å². The molecule has 0 saturated carbocycles. The van der Waals surface area contributed by atoms with Crippen LogP contribution in [0.1, 0.15) is 27.9 Å². The van der Waals surface area contributed by atoms with E-state index in [-0.39, 0.29) is 5.91 Å². The Balaban J connectivity index is 2.13. The van der Waals surface area contributed by atoms with Crippen LogP contribution >= 0.6 is 11.6 Å². The van der Waals surface area contributed by atoms with Crippen molar-refractivity contribution in [2.24, 2.45) is 0 Å². The molecule has 22 heavy (non-hydrogen) atoms. The van der Waals surface area contributed by atoms with E-state index in [1.54, 1.807) is 14.2 Å². The largest absolute Gasteiger partial charge is 0.496 e. The van der Waals surface area contributed by atoms with Crippen LogP contribution in [0.3, 0.4) is 0 Å². The number of methoxy groups -OCH3 is 1. The molecule has 2 rings (SSSR count). The van der Waals surface area contributed by atoms with Gasteiger partial charge >= 0.3 is 0 Å². The predicted octanol–water partition coefficient (Wildman–Crippen LogP) is 3.88. The maximum absolute atomic E-state index is 12.1. The Morgan fingerprint density at radius 3 is 2.45 bits per heavy atom. The Morgan fingerprint density at radius 1 is 1.09 bits per heavy atom. The molecule has 2 aromatic rings. The molecule has 0 atom stereocenters. The molecule has 0 aliphatic rings. The summed E-state index contributed by atoms with van der Waals surface area (Å²) in [5.41, 5.74) is 2.74. The molecular formula is C18H20ClNO2. The van der Waals surface area contributed by atoms with Crippen molar-refractivity contribution in [3.8, 4) is 5.75 Å². The molecule has 0 aliphatic carbocycles. The number of ether oxygens (including phenoxy) is 1. The van der Waals surface area contributed by atoms with Crippen molar-refractivity contribution >= 4 is 17.5 Å². The van der Waals surface area contributed by atoms with Gasteiger partial charge in [0.2, 0.25) is 0 Å². The molecule has 0 heterocycles. The first-order valence-electron chi connectivity index (χ1n) is 7.28. The van der Waals surface area contributed by atoms with E-state index in [1.165, 1.54) is 0 Å². The van der Waals surface area contributed by atoms with Crippen LogP contribution in [0.2, 0.25) is 5.02 Å². The topological polar surface area (TPSA) is 38.3 Å². The van der Waals surface area contributed by atoms with Gasteiger partial charge in [-0.15, -0.1) is 0 Å². The van der Waals surface area contributed by atoms with Gasteiger partial charge in [-0.3, -0.25) is 4.79 Å². The average molecular weight is 318 g/mol. The van der Waals surface area contributed by atoms with Crippen LogP contribution in [-0.4, -0.2) is 20.1 Å². The number of amides is 1. The smallest absolute Gasteiger partial charge is 0.255 e. The highest BCUT2D eigenvalue weighted by Gasteiger charge is 2.15. The molecule has 0 spiro atoms. The van der Waals surface area contributed by atoms with Crippen molar-refractivity contribution in [1.29, 1.82) is 0 Å². The van der Waals surface area contributed by atoms with Crippen molar-refractivity contribution < 1.29 is 9.53 Å². The summed E-state index contributed by atoms with van der Waals surface area (Å²) in [6, 6.07) is 13.5. The Kier molecular flexibility index (Phi) is 5.84. The summed E-state index contributed by atoms with van der Waals surface area (Å²) in [6.45, 7) is 0. The maximum Gasteiger partial charge on any atom is 0.255 e. The van der Waals surface area contributed by atoms with E-state index in [0.29, 0.717) is 11.3 Å². The molecule has 0 saturated heterocycles. The van der Waals surface area contributed by atoms with Crippen molar-refractivity contribution in [3.63, 3.8) is 0 Å². The minimum absolute atomic E-state index is 0.120. The SMILES string of the molecule is CNC(=O)c1c(CCCc2ccccc2Cl)cccc1OC. The predicted molar refractivity (Wildman–Crippen MR) is 89.9 cm³/mol. The highest BCUT2D eigenvalue weighted by Crippen LogP contribution is 2.24. The molecule has 2 aromatic carbocycles. The first kappa shape index (κ1) is 16.4. The molecule has 3 nitrogen and oxygen atoms in total. The van der Waals surface area contributed by atoms with Crippen molar-refractivity contribution in [1.82, 2.24) is 5.32 Å². The highest BCUT2D eigenvalue weighted by atomic mass is 35.5. The van der Waals surface area contributed by atoms with E-state index in [0.717, 1.165) is 35.4 Å². The minimum Gasteiger partial charge on any atom is -0.496 e. The van der Waals surface area contributed by atoms with Crippen LogP contribution in [0.15, 0.2) is 42.5 Å². The zero-order chi connectivity index (χ0) is 15.9. The first-order valence-corrected chi connectivity index (χ1v) is 7.66. The number of benzene rings is 2. The van der Waals surface area contributed by atoms with Crippen molar-refractivity contribution in [3.05, 3.63) is 64.2 Å². The fourth-order valence-corrected chi connectivity index (χ4v) is 2.74. The summed E-state index contributed by atoms with van der Waals surface area (Å²) in [6.07, 6.45) is 2.59. The number of aryl methyl sites for hydroxylation is 2. The lowest BCUT2D eigenvalue weighted by atomic mass is 9.98. The Bertz CT molecular complexity index is 655. The van der Waals surface area contributed by atoms with Gasteiger partial charge in [-0.2, -0.15) is 0 Å². The maximum atomic E-state index is 12.1. The van der Waals surface area contributed by atoms with E-state index in [1.807, 2.05) is 42.5 Å². The molecule has 116 valence electrons. The molecular weight excluding hydrogens is 298 g/mol. The summed E-state index contributed by atoms with van der Waals surface area (Å²) >= 11 is 6.17. The second-order valence-electron chi connectivity index (χ2n) is 5.02. The molecule has 0 unspecified atom stereocenters. The van der Waals surface area contributed by atoms with Gasteiger partial charge in [0, 0.05) is 12.1 Å². The van der Waals surface area contributed by atoms with Crippen LogP contribution in [0.4, 0.5) is 0 Å². The third-order valence-electron chi connectivity index (χ3n) is 3.64. The second kappa shape index (κ2) is 7.85. The fourth-order valence-electron chi connectivity index (χ4n) is 2.51. The van der Waals surface area contributed by atoms with E-state index < -0.39 is 0 Å². The summed E-state index contributed by atoms with van der Waals surface area (Å²) in [7, 11) is 3.21. The van der Waals surface area contributed by atoms with E-state index >= 15 is 0 Å². The van der Waals surface area contributed by atoms with Crippen LogP contribution < -0.4 is 10.1 Å². The molecule has 0 fully saturated rings. The number of nitrogens with one attached hydrogen (secondary N) is 1. The Morgan fingerprint density at radius 2 is 1.77 bits per heavy atom. The van der Waals surface area contributed by atoms with Gasteiger partial charge in [-0.25, -0.2) is 0 Å². The quantitative estimate of drug-likeness (QED) is 0.878. The lowest BCUT2D eigenvalue weighted by molar-refractivity contribution is 0.0959. The Hall–Kier alpha value is -2.00. The van der Waals surface area contributed by atoms with Gasteiger partial charge in [0.05, 0.1) is 12.7 Å². The van der Waals surface area contributed by atoms with Gasteiger partial charge in [0.25, 0.3) is 5.91 Å². The standard InChI is InChI=1S/C18H20ClNO2/c1-20-18(21)17-14(10-6-12-16(17)22-2)9-5-8-13-7-3-4-11-15(13)19/h3-4,6-7,10-12H,5,8-9H2,1-2H3,(H,20,21). The summed E-state index contributed by atoms with van der Waals surface area (Å²) in [5.74, 6) is 0.486. The summed E-state index contributed by atoms with van der Waals surface area (Å²) < 4.78 is 5.31. The number of rotatable bonds is 6. The van der Waals surface area contributed by atoms with Crippen molar-refractivity contribution in [2.45, 2.75) is 19.3 Å². The monoisotopic (exact) mass is 317 g/mol. The van der Waals surface area contributed by atoms with Gasteiger partial charge < -0.3 is 10.1 Å². The van der Waals surface area contributed by atoms with Crippen LogP contribution in [-0.2, 0) is 12.8 Å². The number of carbonyl (C=O) groups excluding carboxylic acids is 1. The zero-order valence-electron chi connectivity index (χ0n) is 12.9. The number of carbonyl (C=O) groups is 1. The third-order valence-corrected chi connectivity index (χ3v) is 4.01. The lowest BCUT2D eigenvalue weighted by Gasteiger charge is -2.13. The molecule has 0 aliphatic heterocycles. The average Bonchev–Trinajstić information content (AvgIpc) is 2.55. The fraction of sp³-hybridized carbons (Fsp3) is 0.278. The van der Waals surface area contributed by atoms with Gasteiger partial charge in [-0.1, -0.05) is 41.9 Å². The van der Waals surface area contributed by atoms with Gasteiger partial charge in [0.15, 0.2) is 0 Å². The summed E-state index contributed by atoms with van der Waals surface area (Å²) in [5, 5.41) is 3.46. The molecule has 0 bridgehead atoms. The van der Waals surface area contributed by atoms with E-state index in [2.05, 4.69) is 5.32 Å². The lowest BCUT2D eigenvalue weighted by Crippen LogP contribution is -2.20. The Labute approximate surface area is 136 Å². The van der Waals surface area contributed by atoms with Crippen LogP contribution in [0.25, 0.3) is 0 Å². The van der Waals surface area contributed by atoms with E-state index in [4.69, 9.17) is 16.3 Å². The van der Waals surface area contributed by atoms with E-state index in [9.17, 15) is 4.79 Å². The van der Waals surface area contributed by atoms with Crippen LogP contribution in [0.5, 0.6) is 5.75 Å².